The second-order valence-corrected chi connectivity index (χ2v) is 3.36. The first kappa shape index (κ1) is 12.8. The van der Waals surface area contributed by atoms with E-state index in [1.54, 1.807) is 0 Å². The third kappa shape index (κ3) is 2.85. The van der Waals surface area contributed by atoms with E-state index in [9.17, 15) is 15.3 Å². The van der Waals surface area contributed by atoms with Crippen molar-refractivity contribution in [3.63, 3.8) is 0 Å². The number of aliphatic hydroxyl groups is 4. The Balaban J connectivity index is 2.57. The van der Waals surface area contributed by atoms with E-state index in [2.05, 4.69) is 0 Å². The Labute approximate surface area is 87.0 Å². The first-order valence-corrected chi connectivity index (χ1v) is 4.74. The number of hydrogen-bond donors (Lipinski definition) is 5. The van der Waals surface area contributed by atoms with Crippen molar-refractivity contribution in [2.24, 2.45) is 5.73 Å². The molecule has 0 aromatic heterocycles. The van der Waals surface area contributed by atoms with Gasteiger partial charge in [-0.3, -0.25) is 0 Å². The second kappa shape index (κ2) is 5.71. The van der Waals surface area contributed by atoms with E-state index in [1.165, 1.54) is 0 Å². The molecule has 5 atom stereocenters. The quantitative estimate of drug-likeness (QED) is 0.339. The lowest BCUT2D eigenvalue weighted by Gasteiger charge is -2.39. The fourth-order valence-corrected chi connectivity index (χ4v) is 1.39. The summed E-state index contributed by atoms with van der Waals surface area (Å²) in [5.74, 6) is 0. The zero-order valence-corrected chi connectivity index (χ0v) is 8.19. The molecule has 0 spiro atoms. The molecule has 7 nitrogen and oxygen atoms in total. The standard InChI is InChI=1S/C8H17NO6/c9-1-2-14-8-7(13)6(12)5(11)4(3-10)15-8/h4-8,10-13H,1-3,9H2/t4-,5-,6+,7-,8+/m1/s1. The number of nitrogens with two attached hydrogens (primary N) is 1. The fourth-order valence-electron chi connectivity index (χ4n) is 1.39. The van der Waals surface area contributed by atoms with Gasteiger partial charge in [0.05, 0.1) is 13.2 Å². The summed E-state index contributed by atoms with van der Waals surface area (Å²) in [6, 6.07) is 0. The first-order chi connectivity index (χ1) is 7.11. The summed E-state index contributed by atoms with van der Waals surface area (Å²) in [4.78, 5) is 0. The molecule has 0 aromatic rings. The lowest BCUT2D eigenvalue weighted by atomic mass is 9.99. The summed E-state index contributed by atoms with van der Waals surface area (Å²) in [5.41, 5.74) is 5.20. The molecule has 1 fully saturated rings. The van der Waals surface area contributed by atoms with Crippen molar-refractivity contribution in [3.05, 3.63) is 0 Å². The maximum atomic E-state index is 9.47. The molecule has 0 radical (unpaired) electrons. The van der Waals surface area contributed by atoms with E-state index in [4.69, 9.17) is 20.3 Å². The highest BCUT2D eigenvalue weighted by atomic mass is 16.7. The average molecular weight is 223 g/mol. The predicted molar refractivity (Wildman–Crippen MR) is 48.8 cm³/mol. The summed E-state index contributed by atoms with van der Waals surface area (Å²) in [5, 5.41) is 37.1. The molecule has 1 aliphatic heterocycles. The van der Waals surface area contributed by atoms with Gasteiger partial charge in [0.1, 0.15) is 24.4 Å². The number of hydrogen-bond acceptors (Lipinski definition) is 7. The minimum atomic E-state index is -1.40. The Kier molecular flexibility index (Phi) is 4.87. The summed E-state index contributed by atoms with van der Waals surface area (Å²) in [6.45, 7) is -0.0643. The van der Waals surface area contributed by atoms with Gasteiger partial charge in [-0.25, -0.2) is 0 Å². The van der Waals surface area contributed by atoms with Gasteiger partial charge >= 0.3 is 0 Å². The largest absolute Gasteiger partial charge is 0.394 e. The van der Waals surface area contributed by atoms with Gasteiger partial charge in [-0.1, -0.05) is 0 Å². The van der Waals surface area contributed by atoms with Crippen molar-refractivity contribution >= 4 is 0 Å². The van der Waals surface area contributed by atoms with Gasteiger partial charge in [0.2, 0.25) is 0 Å². The second-order valence-electron chi connectivity index (χ2n) is 3.36. The molecule has 7 heteroatoms. The molecular formula is C8H17NO6. The van der Waals surface area contributed by atoms with E-state index in [1.807, 2.05) is 0 Å². The number of rotatable bonds is 4. The highest BCUT2D eigenvalue weighted by Gasteiger charge is 2.43. The zero-order chi connectivity index (χ0) is 11.4. The van der Waals surface area contributed by atoms with Crippen LogP contribution in [0.1, 0.15) is 0 Å². The zero-order valence-electron chi connectivity index (χ0n) is 8.19. The number of aliphatic hydroxyl groups excluding tert-OH is 4. The van der Waals surface area contributed by atoms with Crippen LogP contribution in [0.2, 0.25) is 0 Å². The molecule has 0 saturated carbocycles. The minimum absolute atomic E-state index is 0.155. The van der Waals surface area contributed by atoms with Crippen molar-refractivity contribution < 1.29 is 29.9 Å². The molecule has 1 heterocycles. The summed E-state index contributed by atoms with van der Waals surface area (Å²) >= 11 is 0. The Morgan fingerprint density at radius 1 is 1.13 bits per heavy atom. The predicted octanol–water partition coefficient (Wildman–Crippen LogP) is -3.24. The van der Waals surface area contributed by atoms with E-state index >= 15 is 0 Å². The van der Waals surface area contributed by atoms with E-state index < -0.39 is 37.3 Å². The van der Waals surface area contributed by atoms with Crippen molar-refractivity contribution in [1.29, 1.82) is 0 Å². The van der Waals surface area contributed by atoms with Crippen molar-refractivity contribution in [2.75, 3.05) is 19.8 Å². The highest BCUT2D eigenvalue weighted by Crippen LogP contribution is 2.21. The van der Waals surface area contributed by atoms with Gasteiger partial charge in [0.25, 0.3) is 0 Å². The molecule has 0 bridgehead atoms. The molecule has 6 N–H and O–H groups in total. The molecule has 0 unspecified atom stereocenters. The molecule has 0 aromatic carbocycles. The topological polar surface area (TPSA) is 125 Å². The molecule has 0 amide bonds. The van der Waals surface area contributed by atoms with Crippen LogP contribution in [0.3, 0.4) is 0 Å². The van der Waals surface area contributed by atoms with Gasteiger partial charge in [-0.2, -0.15) is 0 Å². The van der Waals surface area contributed by atoms with Gasteiger partial charge in [0, 0.05) is 6.54 Å². The summed E-state index contributed by atoms with van der Waals surface area (Å²) < 4.78 is 10.1. The highest BCUT2D eigenvalue weighted by molar-refractivity contribution is 4.88. The molecule has 1 rings (SSSR count). The monoisotopic (exact) mass is 223 g/mol. The van der Waals surface area contributed by atoms with Crippen LogP contribution >= 0.6 is 0 Å². The van der Waals surface area contributed by atoms with Gasteiger partial charge in [-0.05, 0) is 0 Å². The molecule has 15 heavy (non-hydrogen) atoms. The maximum Gasteiger partial charge on any atom is 0.186 e. The summed E-state index contributed by atoms with van der Waals surface area (Å²) in [6.07, 6.45) is -6.13. The SMILES string of the molecule is NCCO[C@H]1O[C@H](CO)[C@@H](O)[C@H](O)[C@H]1O. The van der Waals surface area contributed by atoms with Crippen LogP contribution in [0, 0.1) is 0 Å². The van der Waals surface area contributed by atoms with E-state index in [0.717, 1.165) is 0 Å². The maximum absolute atomic E-state index is 9.47. The molecule has 0 aliphatic carbocycles. The fraction of sp³-hybridized carbons (Fsp3) is 1.00. The molecule has 1 saturated heterocycles. The van der Waals surface area contributed by atoms with Crippen LogP contribution in [0.4, 0.5) is 0 Å². The van der Waals surface area contributed by atoms with Crippen molar-refractivity contribution in [2.45, 2.75) is 30.7 Å². The average Bonchev–Trinajstić information content (AvgIpc) is 2.25. The molecular weight excluding hydrogens is 206 g/mol. The third-order valence-corrected chi connectivity index (χ3v) is 2.25. The Hall–Kier alpha value is -0.280. The first-order valence-electron chi connectivity index (χ1n) is 4.74. The van der Waals surface area contributed by atoms with E-state index in [0.29, 0.717) is 0 Å². The van der Waals surface area contributed by atoms with Crippen LogP contribution in [-0.2, 0) is 9.47 Å². The Bertz CT molecular complexity index is 190. The lowest BCUT2D eigenvalue weighted by molar-refractivity contribution is -0.300. The minimum Gasteiger partial charge on any atom is -0.394 e. The van der Waals surface area contributed by atoms with Crippen LogP contribution in [-0.4, -0.2) is 70.9 Å². The van der Waals surface area contributed by atoms with Crippen molar-refractivity contribution in [3.8, 4) is 0 Å². The van der Waals surface area contributed by atoms with Crippen LogP contribution in [0.15, 0.2) is 0 Å². The van der Waals surface area contributed by atoms with E-state index in [-0.39, 0.29) is 13.2 Å². The van der Waals surface area contributed by atoms with Crippen LogP contribution in [0.5, 0.6) is 0 Å². The summed E-state index contributed by atoms with van der Waals surface area (Å²) in [7, 11) is 0. The molecule has 1 aliphatic rings. The van der Waals surface area contributed by atoms with Crippen LogP contribution < -0.4 is 5.73 Å². The van der Waals surface area contributed by atoms with Gasteiger partial charge in [-0.15, -0.1) is 0 Å². The third-order valence-electron chi connectivity index (χ3n) is 2.25. The Morgan fingerprint density at radius 3 is 2.33 bits per heavy atom. The van der Waals surface area contributed by atoms with Crippen LogP contribution in [0.25, 0.3) is 0 Å². The Morgan fingerprint density at radius 2 is 1.80 bits per heavy atom. The van der Waals surface area contributed by atoms with Gasteiger partial charge < -0.3 is 35.6 Å². The smallest absolute Gasteiger partial charge is 0.186 e. The number of ether oxygens (including phenoxy) is 2. The molecule has 90 valence electrons. The lowest BCUT2D eigenvalue weighted by Crippen LogP contribution is -2.59. The van der Waals surface area contributed by atoms with Gasteiger partial charge in [0.15, 0.2) is 6.29 Å². The van der Waals surface area contributed by atoms with Crippen molar-refractivity contribution in [1.82, 2.24) is 0 Å². The normalized spacial score (nSPS) is 41.8.